The first-order valence-electron chi connectivity index (χ1n) is 11.6. The topological polar surface area (TPSA) is 143 Å². The van der Waals surface area contributed by atoms with Crippen LogP contribution in [0.3, 0.4) is 0 Å². The number of carboxylic acids is 1. The molecule has 0 bridgehead atoms. The number of amides is 3. The fourth-order valence-corrected chi connectivity index (χ4v) is 5.01. The third-order valence-electron chi connectivity index (χ3n) is 5.76. The molecule has 4 rings (SSSR count). The molecule has 39 heavy (non-hydrogen) atoms. The molecule has 0 aliphatic carbocycles. The fraction of sp³-hybridized carbons (Fsp3) is 0.231. The molecule has 0 spiro atoms. The number of anilines is 1. The summed E-state index contributed by atoms with van der Waals surface area (Å²) in [5.74, 6) is -3.09. The van der Waals surface area contributed by atoms with Gasteiger partial charge < -0.3 is 30.5 Å². The van der Waals surface area contributed by atoms with Gasteiger partial charge in [-0.05, 0) is 41.3 Å². The van der Waals surface area contributed by atoms with Crippen LogP contribution < -0.4 is 16.0 Å². The Balaban J connectivity index is 1.34. The monoisotopic (exact) mass is 591 g/mol. The lowest BCUT2D eigenvalue weighted by atomic mass is 10.0. The van der Waals surface area contributed by atoms with E-state index >= 15 is 0 Å². The molecule has 0 saturated carbocycles. The average Bonchev–Trinajstić information content (AvgIpc) is 3.60. The van der Waals surface area contributed by atoms with Crippen LogP contribution in [-0.4, -0.2) is 53.8 Å². The molecule has 10 nitrogen and oxygen atoms in total. The van der Waals surface area contributed by atoms with E-state index in [2.05, 4.69) is 16.0 Å². The van der Waals surface area contributed by atoms with Crippen molar-refractivity contribution in [3.8, 4) is 0 Å². The van der Waals surface area contributed by atoms with Crippen LogP contribution in [0.2, 0.25) is 10.0 Å². The number of halogens is 2. The summed E-state index contributed by atoms with van der Waals surface area (Å²) in [5.41, 5.74) is 1.14. The molecule has 1 aromatic heterocycles. The summed E-state index contributed by atoms with van der Waals surface area (Å²) in [6.45, 7) is -0.0101. The highest BCUT2D eigenvalue weighted by atomic mass is 35.5. The van der Waals surface area contributed by atoms with Gasteiger partial charge in [0, 0.05) is 17.0 Å². The standard InChI is InChI=1S/C26H23Cl2N3O7S/c27-17-4-1-5-18(28)20(17)23(32)30-15-8-6-14(7-9-15)11-19(26(35)36)31-25(34)22-21(37-13-38-22)24(33)29-12-16-3-2-10-39-16/h1-10,19,21-22H,11-13H2,(H,29,33)(H,30,32)(H,31,34)(H,35,36)/t19-,21+,22+/m0/s1. The number of carbonyl (C=O) groups excluding carboxylic acids is 3. The number of carboxylic acid groups (broad SMARTS) is 1. The van der Waals surface area contributed by atoms with E-state index in [1.54, 1.807) is 42.5 Å². The first-order valence-corrected chi connectivity index (χ1v) is 13.3. The SMILES string of the molecule is O=C(Nc1ccc(C[C@H](NC(=O)[C@@H]2OCO[C@H]2C(=O)NCc2cccs2)C(=O)O)cc1)c1c(Cl)cccc1Cl. The van der Waals surface area contributed by atoms with Crippen LogP contribution in [0.25, 0.3) is 0 Å². The van der Waals surface area contributed by atoms with Gasteiger partial charge in [-0.15, -0.1) is 11.3 Å². The second kappa shape index (κ2) is 13.0. The molecule has 1 fully saturated rings. The van der Waals surface area contributed by atoms with Crippen LogP contribution in [0.4, 0.5) is 5.69 Å². The first kappa shape index (κ1) is 28.5. The quantitative estimate of drug-likeness (QED) is 0.282. The van der Waals surface area contributed by atoms with Crippen LogP contribution in [0, 0.1) is 0 Å². The summed E-state index contributed by atoms with van der Waals surface area (Å²) in [6.07, 6.45) is -2.58. The summed E-state index contributed by atoms with van der Waals surface area (Å²) in [6, 6.07) is 13.5. The van der Waals surface area contributed by atoms with E-state index < -0.39 is 41.9 Å². The summed E-state index contributed by atoms with van der Waals surface area (Å²) in [7, 11) is 0. The molecule has 3 amide bonds. The molecule has 1 aliphatic rings. The molecule has 2 heterocycles. The number of carbonyl (C=O) groups is 4. The number of hydrogen-bond acceptors (Lipinski definition) is 7. The Morgan fingerprint density at radius 3 is 2.23 bits per heavy atom. The Morgan fingerprint density at radius 2 is 1.62 bits per heavy atom. The van der Waals surface area contributed by atoms with Crippen molar-refractivity contribution in [3.63, 3.8) is 0 Å². The fourth-order valence-electron chi connectivity index (χ4n) is 3.80. The second-order valence-corrected chi connectivity index (χ2v) is 10.3. The number of benzene rings is 2. The van der Waals surface area contributed by atoms with Gasteiger partial charge in [-0.3, -0.25) is 14.4 Å². The highest BCUT2D eigenvalue weighted by Crippen LogP contribution is 2.25. The minimum atomic E-state index is -1.31. The molecule has 204 valence electrons. The summed E-state index contributed by atoms with van der Waals surface area (Å²) in [5, 5.41) is 19.8. The summed E-state index contributed by atoms with van der Waals surface area (Å²) in [4.78, 5) is 50.8. The molecule has 13 heteroatoms. The average molecular weight is 592 g/mol. The van der Waals surface area contributed by atoms with Crippen LogP contribution in [-0.2, 0) is 36.8 Å². The first-order chi connectivity index (χ1) is 18.7. The number of hydrogen-bond donors (Lipinski definition) is 4. The Morgan fingerprint density at radius 1 is 0.949 bits per heavy atom. The molecule has 1 saturated heterocycles. The second-order valence-electron chi connectivity index (χ2n) is 8.44. The van der Waals surface area contributed by atoms with Crippen LogP contribution in [0.5, 0.6) is 0 Å². The normalized spacial score (nSPS) is 17.3. The lowest BCUT2D eigenvalue weighted by molar-refractivity contribution is -0.144. The predicted octanol–water partition coefficient (Wildman–Crippen LogP) is 3.48. The van der Waals surface area contributed by atoms with Gasteiger partial charge in [-0.2, -0.15) is 0 Å². The van der Waals surface area contributed by atoms with E-state index in [0.717, 1.165) is 4.88 Å². The summed E-state index contributed by atoms with van der Waals surface area (Å²) < 4.78 is 10.6. The molecule has 0 radical (unpaired) electrons. The number of nitrogens with one attached hydrogen (secondary N) is 3. The largest absolute Gasteiger partial charge is 0.480 e. The van der Waals surface area contributed by atoms with Gasteiger partial charge in [-0.1, -0.05) is 47.5 Å². The van der Waals surface area contributed by atoms with Gasteiger partial charge in [0.05, 0.1) is 22.2 Å². The van der Waals surface area contributed by atoms with E-state index in [1.165, 1.54) is 11.3 Å². The van der Waals surface area contributed by atoms with Crippen molar-refractivity contribution in [2.45, 2.75) is 31.2 Å². The maximum absolute atomic E-state index is 12.8. The van der Waals surface area contributed by atoms with Crippen LogP contribution >= 0.6 is 34.5 Å². The Kier molecular flexibility index (Phi) is 9.54. The van der Waals surface area contributed by atoms with Crippen molar-refractivity contribution in [2.75, 3.05) is 12.1 Å². The molecule has 1 aliphatic heterocycles. The maximum Gasteiger partial charge on any atom is 0.326 e. The van der Waals surface area contributed by atoms with Crippen molar-refractivity contribution < 1.29 is 33.8 Å². The third-order valence-corrected chi connectivity index (χ3v) is 7.27. The van der Waals surface area contributed by atoms with Gasteiger partial charge in [-0.25, -0.2) is 4.79 Å². The zero-order valence-electron chi connectivity index (χ0n) is 20.2. The predicted molar refractivity (Wildman–Crippen MR) is 145 cm³/mol. The molecule has 3 atom stereocenters. The van der Waals surface area contributed by atoms with Gasteiger partial charge in [0.2, 0.25) is 0 Å². The number of ether oxygens (including phenoxy) is 2. The van der Waals surface area contributed by atoms with Crippen molar-refractivity contribution in [1.82, 2.24) is 10.6 Å². The molecule has 4 N–H and O–H groups in total. The molecule has 0 unspecified atom stereocenters. The zero-order valence-corrected chi connectivity index (χ0v) is 22.5. The maximum atomic E-state index is 12.8. The van der Waals surface area contributed by atoms with Gasteiger partial charge in [0.25, 0.3) is 17.7 Å². The minimum Gasteiger partial charge on any atom is -0.480 e. The van der Waals surface area contributed by atoms with Crippen LogP contribution in [0.15, 0.2) is 60.0 Å². The Labute approximate surface area is 237 Å². The number of rotatable bonds is 10. The van der Waals surface area contributed by atoms with E-state index in [-0.39, 0.29) is 35.4 Å². The van der Waals surface area contributed by atoms with Crippen molar-refractivity contribution in [3.05, 3.63) is 86.0 Å². The van der Waals surface area contributed by atoms with Crippen molar-refractivity contribution in [1.29, 1.82) is 0 Å². The highest BCUT2D eigenvalue weighted by molar-refractivity contribution is 7.09. The van der Waals surface area contributed by atoms with Gasteiger partial charge in [0.15, 0.2) is 12.2 Å². The minimum absolute atomic E-state index is 0.0611. The van der Waals surface area contributed by atoms with Crippen molar-refractivity contribution in [2.24, 2.45) is 0 Å². The van der Waals surface area contributed by atoms with Crippen LogP contribution in [0.1, 0.15) is 20.8 Å². The Hall–Kier alpha value is -3.48. The van der Waals surface area contributed by atoms with E-state index in [9.17, 15) is 24.3 Å². The lowest BCUT2D eigenvalue weighted by Crippen LogP contribution is -2.52. The highest BCUT2D eigenvalue weighted by Gasteiger charge is 2.41. The van der Waals surface area contributed by atoms with E-state index in [0.29, 0.717) is 11.3 Å². The Bertz CT molecular complexity index is 1330. The molecule has 2 aromatic carbocycles. The number of aliphatic carboxylic acids is 1. The summed E-state index contributed by atoms with van der Waals surface area (Å²) >= 11 is 13.6. The van der Waals surface area contributed by atoms with Gasteiger partial charge in [0.1, 0.15) is 12.8 Å². The molecular formula is C26H23Cl2N3O7S. The molecule has 3 aromatic rings. The molecular weight excluding hydrogens is 569 g/mol. The van der Waals surface area contributed by atoms with Gasteiger partial charge >= 0.3 is 5.97 Å². The van der Waals surface area contributed by atoms with E-state index in [1.807, 2.05) is 17.5 Å². The lowest BCUT2D eigenvalue weighted by Gasteiger charge is -2.20. The third kappa shape index (κ3) is 7.34. The number of thiophene rings is 1. The van der Waals surface area contributed by atoms with Crippen molar-refractivity contribution >= 4 is 63.9 Å². The van der Waals surface area contributed by atoms with E-state index in [4.69, 9.17) is 32.7 Å². The zero-order chi connectivity index (χ0) is 27.9. The smallest absolute Gasteiger partial charge is 0.326 e.